The summed E-state index contributed by atoms with van der Waals surface area (Å²) in [6.45, 7) is 2.53. The molecule has 1 saturated carbocycles. The third-order valence-corrected chi connectivity index (χ3v) is 6.10. The summed E-state index contributed by atoms with van der Waals surface area (Å²) >= 11 is 3.68. The van der Waals surface area contributed by atoms with Crippen LogP contribution in [-0.2, 0) is 0 Å². The number of rotatable bonds is 1. The highest BCUT2D eigenvalue weighted by Crippen LogP contribution is 2.46. The van der Waals surface area contributed by atoms with Crippen LogP contribution in [0.25, 0.3) is 10.8 Å². The molecule has 1 heterocycles. The summed E-state index contributed by atoms with van der Waals surface area (Å²) in [5, 5.41) is 2.71. The van der Waals surface area contributed by atoms with Gasteiger partial charge in [0.25, 0.3) is 0 Å². The van der Waals surface area contributed by atoms with E-state index in [2.05, 4.69) is 57.2 Å². The number of benzene rings is 2. The van der Waals surface area contributed by atoms with Crippen LogP contribution in [0.4, 0.5) is 5.69 Å². The Bertz CT molecular complexity index is 648. The summed E-state index contributed by atoms with van der Waals surface area (Å²) in [7, 11) is 0. The van der Waals surface area contributed by atoms with Crippen LogP contribution in [0.15, 0.2) is 40.9 Å². The van der Waals surface area contributed by atoms with Crippen molar-refractivity contribution in [1.29, 1.82) is 0 Å². The molecule has 2 heteroatoms. The van der Waals surface area contributed by atoms with Crippen molar-refractivity contribution >= 4 is 32.4 Å². The van der Waals surface area contributed by atoms with E-state index in [1.807, 2.05) is 0 Å². The summed E-state index contributed by atoms with van der Waals surface area (Å²) in [6.07, 6.45) is 8.66. The first-order valence-electron chi connectivity index (χ1n) is 8.20. The lowest BCUT2D eigenvalue weighted by Gasteiger charge is -2.52. The Labute approximate surface area is 135 Å². The quantitative estimate of drug-likeness (QED) is 0.635. The molecule has 2 aliphatic rings. The van der Waals surface area contributed by atoms with Crippen molar-refractivity contribution in [1.82, 2.24) is 0 Å². The summed E-state index contributed by atoms with van der Waals surface area (Å²) in [6, 6.07) is 13.2. The van der Waals surface area contributed by atoms with Crippen molar-refractivity contribution in [2.24, 2.45) is 5.41 Å². The van der Waals surface area contributed by atoms with Crippen molar-refractivity contribution in [3.8, 4) is 0 Å². The normalized spacial score (nSPS) is 21.3. The number of fused-ring (bicyclic) bond motifs is 1. The summed E-state index contributed by atoms with van der Waals surface area (Å²) in [5.74, 6) is 0. The van der Waals surface area contributed by atoms with Gasteiger partial charge in [-0.15, -0.1) is 0 Å². The van der Waals surface area contributed by atoms with E-state index >= 15 is 0 Å². The maximum Gasteiger partial charge on any atom is 0.0447 e. The van der Waals surface area contributed by atoms with Crippen LogP contribution in [0.3, 0.4) is 0 Å². The number of hydrogen-bond donors (Lipinski definition) is 0. The lowest BCUT2D eigenvalue weighted by molar-refractivity contribution is 0.181. The molecule has 21 heavy (non-hydrogen) atoms. The minimum atomic E-state index is 0.630. The van der Waals surface area contributed by atoms with Crippen LogP contribution in [0.1, 0.15) is 38.5 Å². The molecular formula is C19H22BrN. The Kier molecular flexibility index (Phi) is 3.45. The lowest BCUT2D eigenvalue weighted by Crippen LogP contribution is -2.56. The molecule has 2 aromatic rings. The number of nitrogens with zero attached hydrogens (tertiary/aromatic N) is 1. The van der Waals surface area contributed by atoms with Gasteiger partial charge >= 0.3 is 0 Å². The number of anilines is 1. The van der Waals surface area contributed by atoms with Crippen molar-refractivity contribution in [3.05, 3.63) is 40.9 Å². The average Bonchev–Trinajstić information content (AvgIpc) is 2.73. The highest BCUT2D eigenvalue weighted by molar-refractivity contribution is 9.10. The topological polar surface area (TPSA) is 3.24 Å². The van der Waals surface area contributed by atoms with Crippen molar-refractivity contribution in [2.75, 3.05) is 18.0 Å². The Morgan fingerprint density at radius 1 is 0.810 bits per heavy atom. The third kappa shape index (κ3) is 2.38. The first-order chi connectivity index (χ1) is 10.3. The zero-order chi connectivity index (χ0) is 14.3. The minimum Gasteiger partial charge on any atom is -0.370 e. The van der Waals surface area contributed by atoms with Gasteiger partial charge in [0.2, 0.25) is 0 Å². The Balaban J connectivity index is 1.63. The predicted molar refractivity (Wildman–Crippen MR) is 94.0 cm³/mol. The maximum atomic E-state index is 3.68. The molecule has 0 amide bonds. The van der Waals surface area contributed by atoms with Crippen LogP contribution >= 0.6 is 15.9 Å². The molecule has 110 valence electrons. The van der Waals surface area contributed by atoms with Gasteiger partial charge in [0.05, 0.1) is 0 Å². The predicted octanol–water partition coefficient (Wildman–Crippen LogP) is 5.76. The van der Waals surface area contributed by atoms with Gasteiger partial charge in [-0.1, -0.05) is 65.9 Å². The second-order valence-corrected chi connectivity index (χ2v) is 7.74. The van der Waals surface area contributed by atoms with Gasteiger partial charge in [0.15, 0.2) is 0 Å². The fourth-order valence-electron chi connectivity index (χ4n) is 4.25. The van der Waals surface area contributed by atoms with Crippen molar-refractivity contribution in [2.45, 2.75) is 38.5 Å². The molecule has 1 aliphatic carbocycles. The van der Waals surface area contributed by atoms with Crippen LogP contribution < -0.4 is 4.90 Å². The van der Waals surface area contributed by atoms with E-state index in [1.54, 1.807) is 0 Å². The first kappa shape index (κ1) is 13.6. The molecule has 1 spiro atoms. The van der Waals surface area contributed by atoms with Gasteiger partial charge in [0, 0.05) is 34.1 Å². The highest BCUT2D eigenvalue weighted by Gasteiger charge is 2.42. The number of hydrogen-bond acceptors (Lipinski definition) is 1. The van der Waals surface area contributed by atoms with E-state index in [1.165, 1.54) is 72.5 Å². The maximum absolute atomic E-state index is 3.68. The highest BCUT2D eigenvalue weighted by atomic mass is 79.9. The second kappa shape index (κ2) is 5.31. The molecule has 0 atom stereocenters. The monoisotopic (exact) mass is 343 g/mol. The van der Waals surface area contributed by atoms with E-state index in [0.29, 0.717) is 5.41 Å². The van der Waals surface area contributed by atoms with Gasteiger partial charge in [-0.25, -0.2) is 0 Å². The molecule has 2 fully saturated rings. The molecule has 1 nitrogen and oxygen atoms in total. The largest absolute Gasteiger partial charge is 0.370 e. The summed E-state index contributed by atoms with van der Waals surface area (Å²) in [5.41, 5.74) is 2.05. The Hall–Kier alpha value is -1.02. The average molecular weight is 344 g/mol. The smallest absolute Gasteiger partial charge is 0.0447 e. The van der Waals surface area contributed by atoms with E-state index in [9.17, 15) is 0 Å². The SMILES string of the molecule is Brc1ccc(N2CC3(CCCCCC3)C2)c2ccccc12. The Morgan fingerprint density at radius 3 is 2.19 bits per heavy atom. The first-order valence-corrected chi connectivity index (χ1v) is 8.99. The molecule has 1 saturated heterocycles. The zero-order valence-corrected chi connectivity index (χ0v) is 14.0. The van der Waals surface area contributed by atoms with E-state index in [0.717, 1.165) is 0 Å². The molecule has 0 radical (unpaired) electrons. The van der Waals surface area contributed by atoms with Crippen LogP contribution in [-0.4, -0.2) is 13.1 Å². The van der Waals surface area contributed by atoms with Crippen molar-refractivity contribution < 1.29 is 0 Å². The number of halogens is 1. The molecule has 1 aliphatic heterocycles. The van der Waals surface area contributed by atoms with Gasteiger partial charge in [-0.2, -0.15) is 0 Å². The molecule has 0 unspecified atom stereocenters. The lowest BCUT2D eigenvalue weighted by atomic mass is 9.73. The van der Waals surface area contributed by atoms with E-state index in [4.69, 9.17) is 0 Å². The minimum absolute atomic E-state index is 0.630. The van der Waals surface area contributed by atoms with E-state index < -0.39 is 0 Å². The molecule has 0 bridgehead atoms. The molecule has 0 aromatic heterocycles. The third-order valence-electron chi connectivity index (χ3n) is 5.41. The van der Waals surface area contributed by atoms with Gasteiger partial charge in [0.1, 0.15) is 0 Å². The summed E-state index contributed by atoms with van der Waals surface area (Å²) in [4.78, 5) is 2.60. The van der Waals surface area contributed by atoms with Gasteiger partial charge < -0.3 is 4.90 Å². The van der Waals surface area contributed by atoms with Crippen LogP contribution in [0, 0.1) is 5.41 Å². The summed E-state index contributed by atoms with van der Waals surface area (Å²) < 4.78 is 1.20. The van der Waals surface area contributed by atoms with Gasteiger partial charge in [-0.05, 0) is 30.4 Å². The second-order valence-electron chi connectivity index (χ2n) is 6.88. The van der Waals surface area contributed by atoms with Crippen LogP contribution in [0.5, 0.6) is 0 Å². The molecule has 2 aromatic carbocycles. The molecule has 0 N–H and O–H groups in total. The fraction of sp³-hybridized carbons (Fsp3) is 0.474. The van der Waals surface area contributed by atoms with Crippen LogP contribution in [0.2, 0.25) is 0 Å². The fourth-order valence-corrected chi connectivity index (χ4v) is 4.73. The molecular weight excluding hydrogens is 322 g/mol. The van der Waals surface area contributed by atoms with E-state index in [-0.39, 0.29) is 0 Å². The standard InChI is InChI=1S/C19H22BrN/c20-17-9-10-18(16-8-4-3-7-15(16)17)21-13-19(14-21)11-5-1-2-6-12-19/h3-4,7-10H,1-2,5-6,11-14H2. The Morgan fingerprint density at radius 2 is 1.48 bits per heavy atom. The van der Waals surface area contributed by atoms with Crippen molar-refractivity contribution in [3.63, 3.8) is 0 Å². The van der Waals surface area contributed by atoms with Gasteiger partial charge in [-0.3, -0.25) is 0 Å². The molecule has 4 rings (SSSR count). The zero-order valence-electron chi connectivity index (χ0n) is 12.4.